The Hall–Kier alpha value is -0.440. The summed E-state index contributed by atoms with van der Waals surface area (Å²) in [7, 11) is 1.64. The number of halogens is 2. The van der Waals surface area contributed by atoms with Crippen molar-refractivity contribution in [3.8, 4) is 0 Å². The Morgan fingerprint density at radius 1 is 1.57 bits per heavy atom. The molecule has 0 radical (unpaired) electrons. The number of aromatic nitrogens is 1. The Balaban J connectivity index is 0.00000242. The lowest BCUT2D eigenvalue weighted by Gasteiger charge is -2.33. The van der Waals surface area contributed by atoms with Crippen LogP contribution in [-0.4, -0.2) is 61.7 Å². The van der Waals surface area contributed by atoms with Gasteiger partial charge >= 0.3 is 0 Å². The predicted octanol–water partition coefficient (Wildman–Crippen LogP) is 1.78. The summed E-state index contributed by atoms with van der Waals surface area (Å²) in [4.78, 5) is 20.4. The minimum atomic E-state index is 0. The van der Waals surface area contributed by atoms with Crippen LogP contribution >= 0.6 is 36.2 Å². The molecule has 23 heavy (non-hydrogen) atoms. The zero-order valence-corrected chi connectivity index (χ0v) is 16.2. The predicted molar refractivity (Wildman–Crippen MR) is 99.3 cm³/mol. The Labute approximate surface area is 154 Å². The van der Waals surface area contributed by atoms with Crippen LogP contribution in [0.5, 0.6) is 0 Å². The molecule has 6 nitrogen and oxygen atoms in total. The molecule has 134 valence electrons. The van der Waals surface area contributed by atoms with Gasteiger partial charge in [0.2, 0.25) is 5.91 Å². The molecule has 1 atom stereocenters. The number of rotatable bonds is 6. The summed E-state index contributed by atoms with van der Waals surface area (Å²) in [6, 6.07) is 0.515. The summed E-state index contributed by atoms with van der Waals surface area (Å²) >= 11 is 1.52. The third-order valence-electron chi connectivity index (χ3n) is 3.67. The maximum absolute atomic E-state index is 11.7. The van der Waals surface area contributed by atoms with E-state index in [9.17, 15) is 4.79 Å². The molecule has 1 aromatic heterocycles. The highest BCUT2D eigenvalue weighted by Crippen LogP contribution is 2.22. The van der Waals surface area contributed by atoms with E-state index in [-0.39, 0.29) is 30.7 Å². The summed E-state index contributed by atoms with van der Waals surface area (Å²) in [5.74, 6) is 0.00323. The van der Waals surface area contributed by atoms with E-state index in [1.165, 1.54) is 11.3 Å². The van der Waals surface area contributed by atoms with Crippen LogP contribution < -0.4 is 10.2 Å². The maximum Gasteiger partial charge on any atom is 0.225 e. The van der Waals surface area contributed by atoms with Gasteiger partial charge in [-0.3, -0.25) is 14.6 Å². The zero-order valence-electron chi connectivity index (χ0n) is 13.8. The van der Waals surface area contributed by atoms with Crippen molar-refractivity contribution in [3.63, 3.8) is 0 Å². The third-order valence-corrected chi connectivity index (χ3v) is 4.59. The maximum atomic E-state index is 11.7. The van der Waals surface area contributed by atoms with E-state index >= 15 is 0 Å². The van der Waals surface area contributed by atoms with Gasteiger partial charge in [-0.25, -0.2) is 4.98 Å². The average molecular weight is 385 g/mol. The molecular formula is C14H26Cl2N4O2S. The fourth-order valence-electron chi connectivity index (χ4n) is 2.39. The van der Waals surface area contributed by atoms with Crippen molar-refractivity contribution >= 4 is 47.2 Å². The van der Waals surface area contributed by atoms with E-state index in [1.807, 2.05) is 5.38 Å². The smallest absolute Gasteiger partial charge is 0.225 e. The number of carbonyl (C=O) groups is 1. The van der Waals surface area contributed by atoms with Crippen molar-refractivity contribution in [1.82, 2.24) is 15.2 Å². The highest BCUT2D eigenvalue weighted by Gasteiger charge is 2.20. The summed E-state index contributed by atoms with van der Waals surface area (Å²) < 4.78 is 5.05. The number of nitrogens with zero attached hydrogens (tertiary/aromatic N) is 3. The summed E-state index contributed by atoms with van der Waals surface area (Å²) in [6.07, 6.45) is 0. The van der Waals surface area contributed by atoms with E-state index in [0.717, 1.165) is 37.0 Å². The molecule has 0 aliphatic carbocycles. The van der Waals surface area contributed by atoms with Gasteiger partial charge in [0.05, 0.1) is 18.8 Å². The zero-order chi connectivity index (χ0) is 15.2. The number of nitrogens with one attached hydrogen (secondary N) is 1. The number of hydrogen-bond acceptors (Lipinski definition) is 6. The molecule has 1 aromatic rings. The van der Waals surface area contributed by atoms with Gasteiger partial charge in [-0.15, -0.1) is 36.2 Å². The molecule has 0 unspecified atom stereocenters. The standard InChI is InChI=1S/C14H24N4O2S.2ClH/c1-11-8-15-4-5-17(11)9-13-10-21-14(16-13)18(12(2)19)6-7-20-3;;/h10-11,15H,4-9H2,1-3H3;2*1H/t11-;;/m0../s1. The van der Waals surface area contributed by atoms with Crippen molar-refractivity contribution < 1.29 is 9.53 Å². The number of amides is 1. The number of hydrogen-bond donors (Lipinski definition) is 1. The van der Waals surface area contributed by atoms with Crippen LogP contribution in [0, 0.1) is 0 Å². The van der Waals surface area contributed by atoms with Gasteiger partial charge in [-0.1, -0.05) is 0 Å². The molecule has 1 aliphatic heterocycles. The lowest BCUT2D eigenvalue weighted by atomic mass is 10.2. The molecule has 1 saturated heterocycles. The van der Waals surface area contributed by atoms with Gasteiger partial charge in [0, 0.05) is 51.6 Å². The molecule has 0 bridgehead atoms. The molecule has 1 fully saturated rings. The lowest BCUT2D eigenvalue weighted by molar-refractivity contribution is -0.116. The lowest BCUT2D eigenvalue weighted by Crippen LogP contribution is -2.49. The van der Waals surface area contributed by atoms with Crippen molar-refractivity contribution in [3.05, 3.63) is 11.1 Å². The first-order valence-corrected chi connectivity index (χ1v) is 8.16. The highest BCUT2D eigenvalue weighted by atomic mass is 35.5. The molecule has 0 spiro atoms. The summed E-state index contributed by atoms with van der Waals surface area (Å²) in [6.45, 7) is 8.77. The molecule has 2 heterocycles. The normalized spacial score (nSPS) is 18.0. The highest BCUT2D eigenvalue weighted by molar-refractivity contribution is 7.14. The van der Waals surface area contributed by atoms with E-state index in [1.54, 1.807) is 18.9 Å². The fourth-order valence-corrected chi connectivity index (χ4v) is 3.28. The number of ether oxygens (including phenoxy) is 1. The Kier molecular flexibility index (Phi) is 11.0. The van der Waals surface area contributed by atoms with Gasteiger partial charge in [0.1, 0.15) is 0 Å². The molecule has 0 aromatic carbocycles. The van der Waals surface area contributed by atoms with E-state index in [4.69, 9.17) is 4.74 Å². The minimum Gasteiger partial charge on any atom is -0.383 e. The average Bonchev–Trinajstić information content (AvgIpc) is 2.90. The van der Waals surface area contributed by atoms with Crippen molar-refractivity contribution in [2.24, 2.45) is 0 Å². The molecule has 1 aliphatic rings. The molecular weight excluding hydrogens is 359 g/mol. The number of anilines is 1. The number of thiazole rings is 1. The Morgan fingerprint density at radius 3 is 2.91 bits per heavy atom. The molecule has 9 heteroatoms. The topological polar surface area (TPSA) is 57.7 Å². The van der Waals surface area contributed by atoms with Crippen molar-refractivity contribution in [2.45, 2.75) is 26.4 Å². The van der Waals surface area contributed by atoms with E-state index in [0.29, 0.717) is 19.2 Å². The van der Waals surface area contributed by atoms with Crippen LogP contribution in [0.15, 0.2) is 5.38 Å². The first-order chi connectivity index (χ1) is 10.1. The molecule has 0 saturated carbocycles. The first kappa shape index (κ1) is 22.6. The molecule has 1 N–H and O–H groups in total. The van der Waals surface area contributed by atoms with Crippen LogP contribution in [0.25, 0.3) is 0 Å². The monoisotopic (exact) mass is 384 g/mol. The van der Waals surface area contributed by atoms with E-state index < -0.39 is 0 Å². The van der Waals surface area contributed by atoms with Gasteiger partial charge in [-0.2, -0.15) is 0 Å². The van der Waals surface area contributed by atoms with Crippen LogP contribution in [0.3, 0.4) is 0 Å². The molecule has 1 amide bonds. The van der Waals surface area contributed by atoms with E-state index in [2.05, 4.69) is 22.1 Å². The Morgan fingerprint density at radius 2 is 2.30 bits per heavy atom. The van der Waals surface area contributed by atoms with Gasteiger partial charge in [-0.05, 0) is 6.92 Å². The van der Waals surface area contributed by atoms with Gasteiger partial charge in [0.25, 0.3) is 0 Å². The van der Waals surface area contributed by atoms with Crippen LogP contribution in [0.2, 0.25) is 0 Å². The summed E-state index contributed by atoms with van der Waals surface area (Å²) in [5, 5.41) is 6.20. The van der Waals surface area contributed by atoms with Crippen LogP contribution in [0.4, 0.5) is 5.13 Å². The second kappa shape index (κ2) is 11.2. The largest absolute Gasteiger partial charge is 0.383 e. The third kappa shape index (κ3) is 6.52. The SMILES string of the molecule is COCCN(C(C)=O)c1nc(CN2CCNC[C@@H]2C)cs1.Cl.Cl. The summed E-state index contributed by atoms with van der Waals surface area (Å²) in [5.41, 5.74) is 1.03. The second-order valence-electron chi connectivity index (χ2n) is 5.31. The van der Waals surface area contributed by atoms with Gasteiger partial charge < -0.3 is 10.1 Å². The molecule has 2 rings (SSSR count). The first-order valence-electron chi connectivity index (χ1n) is 7.28. The minimum absolute atomic E-state index is 0. The van der Waals surface area contributed by atoms with Gasteiger partial charge in [0.15, 0.2) is 5.13 Å². The quantitative estimate of drug-likeness (QED) is 0.809. The van der Waals surface area contributed by atoms with Crippen molar-refractivity contribution in [1.29, 1.82) is 0 Å². The van der Waals surface area contributed by atoms with Crippen LogP contribution in [-0.2, 0) is 16.1 Å². The Bertz CT molecular complexity index is 475. The fraction of sp³-hybridized carbons (Fsp3) is 0.714. The number of methoxy groups -OCH3 is 1. The number of piperazine rings is 1. The van der Waals surface area contributed by atoms with Crippen LogP contribution in [0.1, 0.15) is 19.5 Å². The number of carbonyl (C=O) groups excluding carboxylic acids is 1. The second-order valence-corrected chi connectivity index (χ2v) is 6.15. The van der Waals surface area contributed by atoms with Crippen molar-refractivity contribution in [2.75, 3.05) is 44.8 Å².